The van der Waals surface area contributed by atoms with Crippen molar-refractivity contribution in [3.8, 4) is 17.8 Å². The molecule has 0 spiro atoms. The summed E-state index contributed by atoms with van der Waals surface area (Å²) in [4.78, 5) is 3.90. The molecule has 0 atom stereocenters. The number of hydrogen-bond donors (Lipinski definition) is 0. The summed E-state index contributed by atoms with van der Waals surface area (Å²) in [5, 5.41) is 13.3. The third-order valence-electron chi connectivity index (χ3n) is 1.84. The lowest BCUT2D eigenvalue weighted by Crippen LogP contribution is -1.92. The van der Waals surface area contributed by atoms with Gasteiger partial charge in [0, 0.05) is 12.1 Å². The van der Waals surface area contributed by atoms with Crippen LogP contribution >= 0.6 is 11.6 Å². The monoisotopic (exact) mass is 234 g/mol. The molecular weight excluding hydrogens is 228 g/mol. The Balaban J connectivity index is 2.31. The first-order valence-corrected chi connectivity index (χ1v) is 4.80. The highest BCUT2D eigenvalue weighted by atomic mass is 35.5. The normalized spacial score (nSPS) is 9.81. The van der Waals surface area contributed by atoms with E-state index in [1.165, 1.54) is 17.1 Å². The van der Waals surface area contributed by atoms with E-state index in [2.05, 4.69) is 10.1 Å². The van der Waals surface area contributed by atoms with E-state index in [-0.39, 0.29) is 6.01 Å². The van der Waals surface area contributed by atoms with Gasteiger partial charge in [-0.15, -0.1) is 5.10 Å². The zero-order valence-electron chi connectivity index (χ0n) is 8.38. The highest BCUT2D eigenvalue weighted by Gasteiger charge is 2.07. The molecule has 80 valence electrons. The molecular formula is C10H7ClN4O. The minimum atomic E-state index is 0.196. The Morgan fingerprint density at radius 1 is 1.50 bits per heavy atom. The Labute approximate surface area is 96.9 Å². The van der Waals surface area contributed by atoms with Crippen molar-refractivity contribution >= 4 is 11.6 Å². The van der Waals surface area contributed by atoms with Gasteiger partial charge >= 0.3 is 6.01 Å². The summed E-state index contributed by atoms with van der Waals surface area (Å²) in [6.07, 6.45) is 1.51. The fourth-order valence-electron chi connectivity index (χ4n) is 1.14. The van der Waals surface area contributed by atoms with Crippen molar-refractivity contribution in [2.45, 2.75) is 0 Å². The lowest BCUT2D eigenvalue weighted by Gasteiger charge is -2.02. The van der Waals surface area contributed by atoms with Crippen LogP contribution in [0.5, 0.6) is 11.8 Å². The van der Waals surface area contributed by atoms with Crippen LogP contribution in [0.3, 0.4) is 0 Å². The van der Waals surface area contributed by atoms with E-state index < -0.39 is 0 Å². The third-order valence-corrected chi connectivity index (χ3v) is 2.08. The van der Waals surface area contributed by atoms with Crippen LogP contribution in [-0.4, -0.2) is 14.8 Å². The second-order valence-electron chi connectivity index (χ2n) is 3.06. The number of halogens is 1. The molecule has 0 radical (unpaired) electrons. The minimum Gasteiger partial charge on any atom is -0.422 e. The molecule has 5 nitrogen and oxygen atoms in total. The van der Waals surface area contributed by atoms with E-state index in [4.69, 9.17) is 21.6 Å². The zero-order chi connectivity index (χ0) is 11.5. The van der Waals surface area contributed by atoms with Gasteiger partial charge in [-0.3, -0.25) is 4.68 Å². The van der Waals surface area contributed by atoms with Gasteiger partial charge in [-0.25, -0.2) is 0 Å². The quantitative estimate of drug-likeness (QED) is 0.799. The average Bonchev–Trinajstić information content (AvgIpc) is 2.67. The van der Waals surface area contributed by atoms with Crippen molar-refractivity contribution in [1.82, 2.24) is 14.8 Å². The molecule has 6 heteroatoms. The Morgan fingerprint density at radius 3 is 2.94 bits per heavy atom. The first-order chi connectivity index (χ1) is 7.69. The summed E-state index contributed by atoms with van der Waals surface area (Å²) in [6.45, 7) is 0. The molecule has 0 unspecified atom stereocenters. The van der Waals surface area contributed by atoms with E-state index >= 15 is 0 Å². The van der Waals surface area contributed by atoms with Crippen molar-refractivity contribution in [2.75, 3.05) is 0 Å². The zero-order valence-corrected chi connectivity index (χ0v) is 9.14. The van der Waals surface area contributed by atoms with Gasteiger partial charge in [0.15, 0.2) is 0 Å². The lowest BCUT2D eigenvalue weighted by atomic mass is 10.2. The Morgan fingerprint density at radius 2 is 2.31 bits per heavy atom. The number of ether oxygens (including phenoxy) is 1. The topological polar surface area (TPSA) is 63.7 Å². The molecule has 1 aromatic carbocycles. The molecule has 0 amide bonds. The molecule has 0 saturated heterocycles. The van der Waals surface area contributed by atoms with Gasteiger partial charge in [0.05, 0.1) is 5.56 Å². The van der Waals surface area contributed by atoms with Crippen LogP contribution in [0.15, 0.2) is 24.5 Å². The number of nitrogens with zero attached hydrogens (tertiary/aromatic N) is 4. The summed E-state index contributed by atoms with van der Waals surface area (Å²) in [5.74, 6) is 0.387. The van der Waals surface area contributed by atoms with Gasteiger partial charge in [0.2, 0.25) is 0 Å². The molecule has 1 aromatic heterocycles. The van der Waals surface area contributed by atoms with Crippen molar-refractivity contribution in [2.24, 2.45) is 7.05 Å². The fourth-order valence-corrected chi connectivity index (χ4v) is 1.32. The number of aromatic nitrogens is 3. The van der Waals surface area contributed by atoms with E-state index in [9.17, 15) is 0 Å². The highest BCUT2D eigenvalue weighted by Crippen LogP contribution is 2.25. The van der Waals surface area contributed by atoms with Crippen LogP contribution in [0.2, 0.25) is 5.02 Å². The lowest BCUT2D eigenvalue weighted by molar-refractivity contribution is 0.437. The second kappa shape index (κ2) is 4.21. The van der Waals surface area contributed by atoms with E-state index in [1.54, 1.807) is 19.2 Å². The Kier molecular flexibility index (Phi) is 2.75. The van der Waals surface area contributed by atoms with Gasteiger partial charge < -0.3 is 4.74 Å². The highest BCUT2D eigenvalue weighted by molar-refractivity contribution is 6.30. The maximum Gasteiger partial charge on any atom is 0.341 e. The van der Waals surface area contributed by atoms with Gasteiger partial charge in [0.1, 0.15) is 18.1 Å². The van der Waals surface area contributed by atoms with Crippen LogP contribution in [-0.2, 0) is 7.05 Å². The molecule has 0 aliphatic heterocycles. The van der Waals surface area contributed by atoms with Crippen molar-refractivity contribution in [3.05, 3.63) is 35.1 Å². The summed E-state index contributed by atoms with van der Waals surface area (Å²) in [6, 6.07) is 6.96. The molecule has 0 bridgehead atoms. The number of rotatable bonds is 2. The summed E-state index contributed by atoms with van der Waals surface area (Å²) in [5.41, 5.74) is 0.347. The van der Waals surface area contributed by atoms with Crippen LogP contribution in [0.1, 0.15) is 5.56 Å². The molecule has 2 rings (SSSR count). The van der Waals surface area contributed by atoms with Crippen molar-refractivity contribution in [3.63, 3.8) is 0 Å². The van der Waals surface area contributed by atoms with Gasteiger partial charge in [-0.1, -0.05) is 11.6 Å². The molecule has 0 aliphatic rings. The van der Waals surface area contributed by atoms with E-state index in [0.717, 1.165) is 0 Å². The first-order valence-electron chi connectivity index (χ1n) is 4.42. The predicted molar refractivity (Wildman–Crippen MR) is 57.2 cm³/mol. The molecule has 0 aliphatic carbocycles. The summed E-state index contributed by atoms with van der Waals surface area (Å²) < 4.78 is 6.86. The van der Waals surface area contributed by atoms with Crippen LogP contribution < -0.4 is 4.74 Å². The SMILES string of the molecule is Cn1cnc(Oc2ccc(Cl)cc2C#N)n1. The summed E-state index contributed by atoms with van der Waals surface area (Å²) in [7, 11) is 1.73. The predicted octanol–water partition coefficient (Wildman–Crippen LogP) is 2.13. The number of hydrogen-bond acceptors (Lipinski definition) is 4. The molecule has 2 aromatic rings. The number of benzene rings is 1. The van der Waals surface area contributed by atoms with Crippen LogP contribution in [0, 0.1) is 11.3 Å². The van der Waals surface area contributed by atoms with Crippen LogP contribution in [0.25, 0.3) is 0 Å². The van der Waals surface area contributed by atoms with Gasteiger partial charge in [-0.05, 0) is 18.2 Å². The van der Waals surface area contributed by atoms with E-state index in [0.29, 0.717) is 16.3 Å². The Bertz CT molecular complexity index is 558. The van der Waals surface area contributed by atoms with Crippen molar-refractivity contribution < 1.29 is 4.74 Å². The molecule has 1 heterocycles. The smallest absolute Gasteiger partial charge is 0.341 e. The number of aryl methyl sites for hydroxylation is 1. The molecule has 0 N–H and O–H groups in total. The van der Waals surface area contributed by atoms with Crippen molar-refractivity contribution in [1.29, 1.82) is 5.26 Å². The standard InChI is InChI=1S/C10H7ClN4O/c1-15-6-13-10(14-15)16-9-3-2-8(11)4-7(9)5-12/h2-4,6H,1H3. The first kappa shape index (κ1) is 10.5. The second-order valence-corrected chi connectivity index (χ2v) is 3.49. The average molecular weight is 235 g/mol. The maximum atomic E-state index is 8.89. The fraction of sp³-hybridized carbons (Fsp3) is 0.100. The van der Waals surface area contributed by atoms with Gasteiger partial charge in [0.25, 0.3) is 0 Å². The van der Waals surface area contributed by atoms with Gasteiger partial charge in [-0.2, -0.15) is 10.2 Å². The molecule has 0 saturated carbocycles. The largest absolute Gasteiger partial charge is 0.422 e. The minimum absolute atomic E-state index is 0.196. The Hall–Kier alpha value is -2.06. The maximum absolute atomic E-state index is 8.89. The van der Waals surface area contributed by atoms with E-state index in [1.807, 2.05) is 6.07 Å². The van der Waals surface area contributed by atoms with Crippen LogP contribution in [0.4, 0.5) is 0 Å². The summed E-state index contributed by atoms with van der Waals surface area (Å²) >= 11 is 5.76. The molecule has 0 fully saturated rings. The third kappa shape index (κ3) is 2.12. The number of nitriles is 1. The molecule has 16 heavy (non-hydrogen) atoms.